The van der Waals surface area contributed by atoms with Crippen LogP contribution in [0.2, 0.25) is 0 Å². The highest BCUT2D eigenvalue weighted by molar-refractivity contribution is 6.15. The van der Waals surface area contributed by atoms with Crippen LogP contribution in [0.25, 0.3) is 0 Å². The number of nitrogens with zero attached hydrogens (tertiary/aromatic N) is 1. The number of imide groups is 1. The molecular formula is C18H14N2O5. The van der Waals surface area contributed by atoms with E-state index in [9.17, 15) is 24.5 Å². The van der Waals surface area contributed by atoms with E-state index >= 15 is 0 Å². The maximum absolute atomic E-state index is 12.1. The largest absolute Gasteiger partial charge is 0.289 e. The number of para-hydroxylation sites is 1. The van der Waals surface area contributed by atoms with E-state index in [2.05, 4.69) is 5.32 Å². The van der Waals surface area contributed by atoms with Gasteiger partial charge in [0.2, 0.25) is 0 Å². The van der Waals surface area contributed by atoms with Gasteiger partial charge in [-0.25, -0.2) is 0 Å². The topological polar surface area (TPSA) is 106 Å². The molecule has 2 amide bonds. The summed E-state index contributed by atoms with van der Waals surface area (Å²) in [7, 11) is 0. The fourth-order valence-corrected chi connectivity index (χ4v) is 2.08. The van der Waals surface area contributed by atoms with E-state index < -0.39 is 4.92 Å². The van der Waals surface area contributed by atoms with Crippen molar-refractivity contribution < 1.29 is 19.3 Å². The number of nitrogens with one attached hydrogen (secondary N) is 1. The molecule has 0 aromatic heterocycles. The van der Waals surface area contributed by atoms with Gasteiger partial charge in [-0.2, -0.15) is 0 Å². The predicted octanol–water partition coefficient (Wildman–Crippen LogP) is 2.41. The van der Waals surface area contributed by atoms with Gasteiger partial charge in [-0.05, 0) is 13.0 Å². The van der Waals surface area contributed by atoms with Gasteiger partial charge in [0.05, 0.1) is 4.92 Å². The molecule has 0 saturated carbocycles. The van der Waals surface area contributed by atoms with E-state index in [1.165, 1.54) is 18.2 Å². The highest BCUT2D eigenvalue weighted by Gasteiger charge is 2.19. The van der Waals surface area contributed by atoms with Crippen molar-refractivity contribution in [1.29, 1.82) is 0 Å². The molecule has 1 aliphatic heterocycles. The molecule has 1 N–H and O–H groups in total. The third-order valence-corrected chi connectivity index (χ3v) is 3.32. The molecule has 7 nitrogen and oxygen atoms in total. The van der Waals surface area contributed by atoms with E-state index in [0.717, 1.165) is 0 Å². The molecule has 0 atom stereocenters. The third-order valence-electron chi connectivity index (χ3n) is 3.32. The fraction of sp³-hybridized carbons (Fsp3) is 0.0556. The summed E-state index contributed by atoms with van der Waals surface area (Å²) in [6.07, 6.45) is 1.28. The monoisotopic (exact) mass is 338 g/mol. The van der Waals surface area contributed by atoms with Gasteiger partial charge in [-0.15, -0.1) is 0 Å². The lowest BCUT2D eigenvalue weighted by molar-refractivity contribution is -0.385. The number of carbonyl (C=O) groups is 3. The summed E-state index contributed by atoms with van der Waals surface area (Å²) in [4.78, 5) is 43.0. The normalized spacial score (nSPS) is 12.6. The molecule has 0 aliphatic carbocycles. The molecular weight excluding hydrogens is 324 g/mol. The maximum Gasteiger partial charge on any atom is 0.280 e. The molecule has 2 aromatic carbocycles. The highest BCUT2D eigenvalue weighted by Crippen LogP contribution is 2.20. The van der Waals surface area contributed by atoms with Crippen molar-refractivity contribution in [1.82, 2.24) is 5.32 Å². The molecule has 7 heteroatoms. The Morgan fingerprint density at radius 1 is 1.00 bits per heavy atom. The smallest absolute Gasteiger partial charge is 0.280 e. The Bertz CT molecular complexity index is 872. The van der Waals surface area contributed by atoms with Crippen molar-refractivity contribution in [2.75, 3.05) is 0 Å². The number of nitro benzene ring substituents is 1. The minimum Gasteiger partial charge on any atom is -0.289 e. The summed E-state index contributed by atoms with van der Waals surface area (Å²) >= 11 is 0. The van der Waals surface area contributed by atoms with Crippen LogP contribution in [0.1, 0.15) is 22.8 Å². The molecule has 0 bridgehead atoms. The molecule has 0 radical (unpaired) electrons. The molecule has 0 unspecified atom stereocenters. The zero-order valence-electron chi connectivity index (χ0n) is 13.3. The number of amides is 2. The lowest BCUT2D eigenvalue weighted by Gasteiger charge is -2.01. The van der Waals surface area contributed by atoms with Crippen molar-refractivity contribution in [2.45, 2.75) is 6.92 Å². The van der Waals surface area contributed by atoms with Crippen molar-refractivity contribution >= 4 is 23.3 Å². The van der Waals surface area contributed by atoms with Gasteiger partial charge < -0.3 is 0 Å². The molecule has 1 heterocycles. The fourth-order valence-electron chi connectivity index (χ4n) is 2.08. The predicted molar refractivity (Wildman–Crippen MR) is 89.9 cm³/mol. The third kappa shape index (κ3) is 4.44. The zero-order chi connectivity index (χ0) is 18.4. The molecule has 0 saturated heterocycles. The molecule has 3 rings (SSSR count). The number of ketones is 1. The lowest BCUT2D eigenvalue weighted by atomic mass is 10.0. The van der Waals surface area contributed by atoms with Crippen LogP contribution in [-0.4, -0.2) is 22.5 Å². The standard InChI is InChI=1S/C13H9NO3.C5H5NO2/c15-13(10-6-2-1-3-7-10)11-8-4-5-9-12(11)14(16)17;1-3-2-4(7)6-5(3)8/h1-9H;2H,1H3,(H,6,7,8). The Labute approximate surface area is 143 Å². The number of benzene rings is 2. The van der Waals surface area contributed by atoms with Gasteiger partial charge >= 0.3 is 0 Å². The second kappa shape index (κ2) is 7.78. The second-order valence-electron chi connectivity index (χ2n) is 5.12. The van der Waals surface area contributed by atoms with E-state index in [4.69, 9.17) is 0 Å². The molecule has 2 aromatic rings. The Hall–Kier alpha value is -3.61. The average molecular weight is 338 g/mol. The average Bonchev–Trinajstić information content (AvgIpc) is 2.91. The zero-order valence-corrected chi connectivity index (χ0v) is 13.3. The summed E-state index contributed by atoms with van der Waals surface area (Å²) in [6.45, 7) is 1.60. The van der Waals surface area contributed by atoms with Gasteiger partial charge in [0.15, 0.2) is 5.78 Å². The molecule has 1 aliphatic rings. The van der Waals surface area contributed by atoms with Crippen LogP contribution in [-0.2, 0) is 9.59 Å². The first-order valence-corrected chi connectivity index (χ1v) is 7.27. The summed E-state index contributed by atoms with van der Waals surface area (Å²) in [5.74, 6) is -0.930. The Balaban J connectivity index is 0.000000236. The maximum atomic E-state index is 12.1. The quantitative estimate of drug-likeness (QED) is 0.400. The van der Waals surface area contributed by atoms with Crippen LogP contribution in [0.15, 0.2) is 66.2 Å². The number of nitro groups is 1. The Kier molecular flexibility index (Phi) is 5.52. The number of hydrogen-bond acceptors (Lipinski definition) is 5. The molecule has 25 heavy (non-hydrogen) atoms. The SMILES string of the molecule is CC1=CC(=O)NC1=O.O=C(c1ccccc1)c1ccccc1[N+](=O)[O-]. The van der Waals surface area contributed by atoms with Crippen molar-refractivity contribution in [2.24, 2.45) is 0 Å². The van der Waals surface area contributed by atoms with Gasteiger partial charge in [0.1, 0.15) is 5.56 Å². The van der Waals surface area contributed by atoms with Crippen molar-refractivity contribution in [3.8, 4) is 0 Å². The Morgan fingerprint density at radius 2 is 1.60 bits per heavy atom. The first-order chi connectivity index (χ1) is 11.9. The summed E-state index contributed by atoms with van der Waals surface area (Å²) in [6, 6.07) is 14.5. The Morgan fingerprint density at radius 3 is 2.08 bits per heavy atom. The van der Waals surface area contributed by atoms with Gasteiger partial charge in [0.25, 0.3) is 17.5 Å². The summed E-state index contributed by atoms with van der Waals surface area (Å²) < 4.78 is 0. The highest BCUT2D eigenvalue weighted by atomic mass is 16.6. The van der Waals surface area contributed by atoms with Crippen molar-refractivity contribution in [3.63, 3.8) is 0 Å². The minimum atomic E-state index is -0.545. The van der Waals surface area contributed by atoms with Crippen LogP contribution >= 0.6 is 0 Å². The van der Waals surface area contributed by atoms with Crippen LogP contribution in [0, 0.1) is 10.1 Å². The number of hydrogen-bond donors (Lipinski definition) is 1. The molecule has 0 spiro atoms. The summed E-state index contributed by atoms with van der Waals surface area (Å²) in [5, 5.41) is 12.9. The molecule has 0 fully saturated rings. The first-order valence-electron chi connectivity index (χ1n) is 7.27. The van der Waals surface area contributed by atoms with E-state index in [1.807, 2.05) is 0 Å². The second-order valence-corrected chi connectivity index (χ2v) is 5.12. The van der Waals surface area contributed by atoms with Crippen LogP contribution < -0.4 is 5.32 Å². The van der Waals surface area contributed by atoms with Gasteiger partial charge in [-0.1, -0.05) is 42.5 Å². The van der Waals surface area contributed by atoms with E-state index in [1.54, 1.807) is 49.4 Å². The minimum absolute atomic E-state index is 0.115. The van der Waals surface area contributed by atoms with Crippen LogP contribution in [0.5, 0.6) is 0 Å². The van der Waals surface area contributed by atoms with E-state index in [-0.39, 0.29) is 28.8 Å². The lowest BCUT2D eigenvalue weighted by Crippen LogP contribution is -2.21. The van der Waals surface area contributed by atoms with Gasteiger partial charge in [-0.3, -0.25) is 29.8 Å². The van der Waals surface area contributed by atoms with E-state index in [0.29, 0.717) is 11.1 Å². The number of rotatable bonds is 3. The van der Waals surface area contributed by atoms with Gasteiger partial charge in [0, 0.05) is 23.3 Å². The van der Waals surface area contributed by atoms with Crippen LogP contribution in [0.3, 0.4) is 0 Å². The number of carbonyl (C=O) groups excluding carboxylic acids is 3. The van der Waals surface area contributed by atoms with Crippen LogP contribution in [0.4, 0.5) is 5.69 Å². The molecule has 126 valence electrons. The van der Waals surface area contributed by atoms with Crippen molar-refractivity contribution in [3.05, 3.63) is 87.5 Å². The first kappa shape index (κ1) is 17.7. The summed E-state index contributed by atoms with van der Waals surface area (Å²) in [5.41, 5.74) is 0.877.